The summed E-state index contributed by atoms with van der Waals surface area (Å²) in [5.41, 5.74) is 9.01. The SMILES string of the molecule is Cc1ccc(C(N)C(=O)Nc2ccc(F)cc2C)cc1. The van der Waals surface area contributed by atoms with Crippen molar-refractivity contribution in [3.63, 3.8) is 0 Å². The van der Waals surface area contributed by atoms with Gasteiger partial charge < -0.3 is 11.1 Å². The van der Waals surface area contributed by atoms with E-state index in [1.54, 1.807) is 6.92 Å². The zero-order valence-electron chi connectivity index (χ0n) is 11.5. The molecule has 0 fully saturated rings. The third-order valence-corrected chi connectivity index (χ3v) is 3.17. The van der Waals surface area contributed by atoms with Crippen molar-refractivity contribution in [2.75, 3.05) is 5.32 Å². The maximum Gasteiger partial charge on any atom is 0.245 e. The Morgan fingerprint density at radius 3 is 2.40 bits per heavy atom. The molecule has 1 atom stereocenters. The van der Waals surface area contributed by atoms with Crippen molar-refractivity contribution in [2.24, 2.45) is 5.73 Å². The Morgan fingerprint density at radius 2 is 1.80 bits per heavy atom. The zero-order chi connectivity index (χ0) is 14.7. The highest BCUT2D eigenvalue weighted by atomic mass is 19.1. The van der Waals surface area contributed by atoms with Crippen molar-refractivity contribution in [3.8, 4) is 0 Å². The van der Waals surface area contributed by atoms with Gasteiger partial charge in [0.1, 0.15) is 11.9 Å². The lowest BCUT2D eigenvalue weighted by Gasteiger charge is -2.14. The molecule has 0 aliphatic heterocycles. The molecule has 0 spiro atoms. The molecule has 0 aliphatic rings. The molecule has 2 aromatic carbocycles. The molecule has 4 heteroatoms. The normalized spacial score (nSPS) is 12.0. The van der Waals surface area contributed by atoms with Crippen LogP contribution in [0.1, 0.15) is 22.7 Å². The van der Waals surface area contributed by atoms with E-state index in [1.807, 2.05) is 31.2 Å². The molecule has 0 aliphatic carbocycles. The monoisotopic (exact) mass is 272 g/mol. The maximum atomic E-state index is 13.0. The lowest BCUT2D eigenvalue weighted by atomic mass is 10.0. The first-order valence-corrected chi connectivity index (χ1v) is 6.36. The summed E-state index contributed by atoms with van der Waals surface area (Å²) in [5, 5.41) is 2.72. The second-order valence-electron chi connectivity index (χ2n) is 4.84. The van der Waals surface area contributed by atoms with Crippen molar-refractivity contribution in [3.05, 3.63) is 65.0 Å². The van der Waals surface area contributed by atoms with Gasteiger partial charge in [0.2, 0.25) is 5.91 Å². The van der Waals surface area contributed by atoms with Crippen LogP contribution in [0.4, 0.5) is 10.1 Å². The summed E-state index contributed by atoms with van der Waals surface area (Å²) in [5.74, 6) is -0.646. The van der Waals surface area contributed by atoms with E-state index in [9.17, 15) is 9.18 Å². The average molecular weight is 272 g/mol. The molecule has 20 heavy (non-hydrogen) atoms. The molecular weight excluding hydrogens is 255 g/mol. The maximum absolute atomic E-state index is 13.0. The number of halogens is 1. The van der Waals surface area contributed by atoms with Gasteiger partial charge in [-0.2, -0.15) is 0 Å². The Balaban J connectivity index is 2.13. The van der Waals surface area contributed by atoms with Crippen LogP contribution in [0.5, 0.6) is 0 Å². The Kier molecular flexibility index (Phi) is 4.15. The standard InChI is InChI=1S/C16H17FN2O/c1-10-3-5-12(6-4-10)15(18)16(20)19-14-8-7-13(17)9-11(14)2/h3-9,15H,18H2,1-2H3,(H,19,20). The highest BCUT2D eigenvalue weighted by Crippen LogP contribution is 2.18. The molecule has 0 heterocycles. The van der Waals surface area contributed by atoms with Crippen LogP contribution in [0.15, 0.2) is 42.5 Å². The van der Waals surface area contributed by atoms with Crippen LogP contribution in [0.25, 0.3) is 0 Å². The van der Waals surface area contributed by atoms with E-state index in [-0.39, 0.29) is 11.7 Å². The van der Waals surface area contributed by atoms with Crippen LogP contribution in [-0.2, 0) is 4.79 Å². The largest absolute Gasteiger partial charge is 0.324 e. The minimum atomic E-state index is -0.750. The van der Waals surface area contributed by atoms with Crippen LogP contribution in [0.2, 0.25) is 0 Å². The lowest BCUT2D eigenvalue weighted by molar-refractivity contribution is -0.117. The van der Waals surface area contributed by atoms with E-state index in [0.29, 0.717) is 11.3 Å². The fraction of sp³-hybridized carbons (Fsp3) is 0.188. The van der Waals surface area contributed by atoms with Gasteiger partial charge in [0.05, 0.1) is 0 Å². The number of benzene rings is 2. The third kappa shape index (κ3) is 3.22. The van der Waals surface area contributed by atoms with Crippen LogP contribution in [0, 0.1) is 19.7 Å². The summed E-state index contributed by atoms with van der Waals surface area (Å²) in [6.45, 7) is 3.70. The molecular formula is C16H17FN2O. The summed E-state index contributed by atoms with van der Waals surface area (Å²) in [7, 11) is 0. The van der Waals surface area contributed by atoms with Gasteiger partial charge in [0.25, 0.3) is 0 Å². The number of amides is 1. The topological polar surface area (TPSA) is 55.1 Å². The van der Waals surface area contributed by atoms with E-state index < -0.39 is 6.04 Å². The van der Waals surface area contributed by atoms with Gasteiger partial charge in [-0.1, -0.05) is 29.8 Å². The summed E-state index contributed by atoms with van der Waals surface area (Å²) >= 11 is 0. The molecule has 0 radical (unpaired) electrons. The van der Waals surface area contributed by atoms with Crippen LogP contribution < -0.4 is 11.1 Å². The number of carbonyl (C=O) groups is 1. The number of anilines is 1. The molecule has 1 unspecified atom stereocenters. The molecule has 2 rings (SSSR count). The van der Waals surface area contributed by atoms with E-state index in [4.69, 9.17) is 5.73 Å². The van der Waals surface area contributed by atoms with Crippen molar-refractivity contribution < 1.29 is 9.18 Å². The summed E-state index contributed by atoms with van der Waals surface area (Å²) in [4.78, 5) is 12.1. The van der Waals surface area contributed by atoms with E-state index in [0.717, 1.165) is 11.1 Å². The summed E-state index contributed by atoms with van der Waals surface area (Å²) < 4.78 is 13.0. The van der Waals surface area contributed by atoms with E-state index >= 15 is 0 Å². The van der Waals surface area contributed by atoms with Crippen molar-refractivity contribution >= 4 is 11.6 Å². The Bertz CT molecular complexity index is 623. The van der Waals surface area contributed by atoms with Crippen LogP contribution >= 0.6 is 0 Å². The van der Waals surface area contributed by atoms with Gasteiger partial charge in [-0.3, -0.25) is 4.79 Å². The lowest BCUT2D eigenvalue weighted by Crippen LogP contribution is -2.28. The minimum Gasteiger partial charge on any atom is -0.324 e. The number of nitrogens with one attached hydrogen (secondary N) is 1. The summed E-state index contributed by atoms with van der Waals surface area (Å²) in [6.07, 6.45) is 0. The van der Waals surface area contributed by atoms with Crippen molar-refractivity contribution in [2.45, 2.75) is 19.9 Å². The number of nitrogens with two attached hydrogens (primary N) is 1. The molecule has 0 aromatic heterocycles. The first-order chi connectivity index (χ1) is 9.47. The number of rotatable bonds is 3. The average Bonchev–Trinajstić information content (AvgIpc) is 2.42. The zero-order valence-corrected chi connectivity index (χ0v) is 11.5. The molecule has 3 nitrogen and oxygen atoms in total. The second-order valence-corrected chi connectivity index (χ2v) is 4.84. The molecule has 0 bridgehead atoms. The Morgan fingerprint density at radius 1 is 1.15 bits per heavy atom. The second kappa shape index (κ2) is 5.84. The third-order valence-electron chi connectivity index (χ3n) is 3.17. The van der Waals surface area contributed by atoms with Gasteiger partial charge in [0.15, 0.2) is 0 Å². The smallest absolute Gasteiger partial charge is 0.245 e. The first kappa shape index (κ1) is 14.2. The Hall–Kier alpha value is -2.20. The molecule has 2 aromatic rings. The van der Waals surface area contributed by atoms with Crippen LogP contribution in [0.3, 0.4) is 0 Å². The quantitative estimate of drug-likeness (QED) is 0.902. The summed E-state index contributed by atoms with van der Waals surface area (Å²) in [6, 6.07) is 10.9. The fourth-order valence-electron chi connectivity index (χ4n) is 1.90. The number of hydrogen-bond acceptors (Lipinski definition) is 2. The molecule has 0 saturated heterocycles. The van der Waals surface area contributed by atoms with Crippen molar-refractivity contribution in [1.29, 1.82) is 0 Å². The van der Waals surface area contributed by atoms with E-state index in [2.05, 4.69) is 5.32 Å². The van der Waals surface area contributed by atoms with Gasteiger partial charge in [-0.25, -0.2) is 4.39 Å². The number of aryl methyl sites for hydroxylation is 2. The Labute approximate surface area is 117 Å². The van der Waals surface area contributed by atoms with Gasteiger partial charge in [-0.05, 0) is 43.2 Å². The molecule has 104 valence electrons. The van der Waals surface area contributed by atoms with E-state index in [1.165, 1.54) is 18.2 Å². The number of carbonyl (C=O) groups excluding carboxylic acids is 1. The highest BCUT2D eigenvalue weighted by molar-refractivity contribution is 5.95. The molecule has 3 N–H and O–H groups in total. The van der Waals surface area contributed by atoms with Gasteiger partial charge in [0, 0.05) is 5.69 Å². The predicted octanol–water partition coefficient (Wildman–Crippen LogP) is 3.08. The van der Waals surface area contributed by atoms with Gasteiger partial charge in [-0.15, -0.1) is 0 Å². The van der Waals surface area contributed by atoms with Crippen LogP contribution in [-0.4, -0.2) is 5.91 Å². The van der Waals surface area contributed by atoms with Crippen molar-refractivity contribution in [1.82, 2.24) is 0 Å². The molecule has 0 saturated carbocycles. The predicted molar refractivity (Wildman–Crippen MR) is 77.9 cm³/mol. The minimum absolute atomic E-state index is 0.316. The highest BCUT2D eigenvalue weighted by Gasteiger charge is 2.16. The van der Waals surface area contributed by atoms with Gasteiger partial charge >= 0.3 is 0 Å². The fourth-order valence-corrected chi connectivity index (χ4v) is 1.90. The first-order valence-electron chi connectivity index (χ1n) is 6.36. The number of hydrogen-bond donors (Lipinski definition) is 2. The molecule has 1 amide bonds.